The molecule has 0 unspecified atom stereocenters. The number of phenols is 1. The quantitative estimate of drug-likeness (QED) is 0.752. The van der Waals surface area contributed by atoms with E-state index in [0.29, 0.717) is 12.3 Å². The first-order valence-corrected chi connectivity index (χ1v) is 6.14. The van der Waals surface area contributed by atoms with Crippen LogP contribution in [0.5, 0.6) is 5.75 Å². The Balaban J connectivity index is 1.96. The minimum atomic E-state index is 0.328. The third-order valence-corrected chi connectivity index (χ3v) is 2.74. The van der Waals surface area contributed by atoms with E-state index in [9.17, 15) is 5.11 Å². The van der Waals surface area contributed by atoms with Gasteiger partial charge in [0.15, 0.2) is 0 Å². The smallest absolute Gasteiger partial charge is 0.120 e. The first kappa shape index (κ1) is 12.3. The molecule has 2 rings (SSSR count). The number of anilines is 2. The van der Waals surface area contributed by atoms with Crippen molar-refractivity contribution in [2.45, 2.75) is 13.5 Å². The third-order valence-electron chi connectivity index (χ3n) is 2.74. The lowest BCUT2D eigenvalue weighted by atomic mass is 10.2. The van der Waals surface area contributed by atoms with E-state index in [1.54, 1.807) is 6.07 Å². The number of rotatable bonds is 5. The SMILES string of the molecule is CCNc1ccc(NCc2ccccc2O)cc1. The lowest BCUT2D eigenvalue weighted by molar-refractivity contribution is 0.469. The molecule has 0 spiro atoms. The topological polar surface area (TPSA) is 44.3 Å². The maximum absolute atomic E-state index is 9.65. The Morgan fingerprint density at radius 3 is 2.11 bits per heavy atom. The van der Waals surface area contributed by atoms with Crippen molar-refractivity contribution in [2.75, 3.05) is 17.2 Å². The van der Waals surface area contributed by atoms with Crippen molar-refractivity contribution in [3.63, 3.8) is 0 Å². The molecule has 0 bridgehead atoms. The molecule has 0 aromatic heterocycles. The maximum Gasteiger partial charge on any atom is 0.120 e. The Kier molecular flexibility index (Phi) is 4.07. The van der Waals surface area contributed by atoms with Crippen LogP contribution in [-0.4, -0.2) is 11.7 Å². The molecule has 2 aromatic carbocycles. The Morgan fingerprint density at radius 2 is 1.50 bits per heavy atom. The van der Waals surface area contributed by atoms with Crippen molar-refractivity contribution in [2.24, 2.45) is 0 Å². The van der Waals surface area contributed by atoms with E-state index < -0.39 is 0 Å². The van der Waals surface area contributed by atoms with Gasteiger partial charge in [0.25, 0.3) is 0 Å². The monoisotopic (exact) mass is 242 g/mol. The molecule has 0 aliphatic heterocycles. The Bertz CT molecular complexity index is 494. The molecule has 2 aromatic rings. The van der Waals surface area contributed by atoms with Crippen molar-refractivity contribution >= 4 is 11.4 Å². The van der Waals surface area contributed by atoms with Gasteiger partial charge in [-0.1, -0.05) is 18.2 Å². The molecule has 0 fully saturated rings. The summed E-state index contributed by atoms with van der Waals surface area (Å²) < 4.78 is 0. The molecule has 0 heterocycles. The molecule has 0 radical (unpaired) electrons. The van der Waals surface area contributed by atoms with Crippen molar-refractivity contribution in [1.29, 1.82) is 0 Å². The number of benzene rings is 2. The van der Waals surface area contributed by atoms with Gasteiger partial charge in [-0.3, -0.25) is 0 Å². The fourth-order valence-corrected chi connectivity index (χ4v) is 1.77. The summed E-state index contributed by atoms with van der Waals surface area (Å²) in [5.41, 5.74) is 3.05. The van der Waals surface area contributed by atoms with Crippen LogP contribution in [0, 0.1) is 0 Å². The van der Waals surface area contributed by atoms with Gasteiger partial charge in [-0.2, -0.15) is 0 Å². The van der Waals surface area contributed by atoms with E-state index in [2.05, 4.69) is 17.6 Å². The van der Waals surface area contributed by atoms with Crippen LogP contribution >= 0.6 is 0 Å². The summed E-state index contributed by atoms with van der Waals surface area (Å²) >= 11 is 0. The summed E-state index contributed by atoms with van der Waals surface area (Å²) in [5.74, 6) is 0.328. The summed E-state index contributed by atoms with van der Waals surface area (Å²) in [5, 5.41) is 16.2. The normalized spacial score (nSPS) is 10.1. The lowest BCUT2D eigenvalue weighted by Gasteiger charge is -2.09. The molecule has 0 amide bonds. The van der Waals surface area contributed by atoms with E-state index in [4.69, 9.17) is 0 Å². The van der Waals surface area contributed by atoms with Gasteiger partial charge in [0, 0.05) is 30.0 Å². The van der Waals surface area contributed by atoms with Crippen molar-refractivity contribution in [3.05, 3.63) is 54.1 Å². The first-order chi connectivity index (χ1) is 8.79. The highest BCUT2D eigenvalue weighted by Gasteiger charge is 1.99. The van der Waals surface area contributed by atoms with Gasteiger partial charge in [0.1, 0.15) is 5.75 Å². The summed E-state index contributed by atoms with van der Waals surface area (Å²) in [6.45, 7) is 3.61. The number of para-hydroxylation sites is 1. The molecule has 3 N–H and O–H groups in total. The predicted molar refractivity (Wildman–Crippen MR) is 76.0 cm³/mol. The fourth-order valence-electron chi connectivity index (χ4n) is 1.77. The number of nitrogens with one attached hydrogen (secondary N) is 2. The highest BCUT2D eigenvalue weighted by Crippen LogP contribution is 2.18. The average Bonchev–Trinajstić information content (AvgIpc) is 2.40. The van der Waals surface area contributed by atoms with E-state index in [0.717, 1.165) is 23.5 Å². The summed E-state index contributed by atoms with van der Waals surface area (Å²) in [7, 11) is 0. The molecular weight excluding hydrogens is 224 g/mol. The standard InChI is InChI=1S/C15H18N2O/c1-2-16-13-7-9-14(10-8-13)17-11-12-5-3-4-6-15(12)18/h3-10,16-18H,2,11H2,1H3. The number of phenolic OH excluding ortho intramolecular Hbond substituents is 1. The molecule has 0 saturated heterocycles. The Hall–Kier alpha value is -2.16. The van der Waals surface area contributed by atoms with E-state index in [1.807, 2.05) is 42.5 Å². The summed E-state index contributed by atoms with van der Waals surface area (Å²) in [6.07, 6.45) is 0. The van der Waals surface area contributed by atoms with Crippen LogP contribution < -0.4 is 10.6 Å². The van der Waals surface area contributed by atoms with Gasteiger partial charge < -0.3 is 15.7 Å². The van der Waals surface area contributed by atoms with Crippen LogP contribution in [0.25, 0.3) is 0 Å². The number of aromatic hydroxyl groups is 1. The summed E-state index contributed by atoms with van der Waals surface area (Å²) in [4.78, 5) is 0. The molecule has 3 heteroatoms. The number of hydrogen-bond acceptors (Lipinski definition) is 3. The van der Waals surface area contributed by atoms with Crippen LogP contribution in [0.2, 0.25) is 0 Å². The lowest BCUT2D eigenvalue weighted by Crippen LogP contribution is -2.00. The minimum Gasteiger partial charge on any atom is -0.508 e. The van der Waals surface area contributed by atoms with Crippen LogP contribution in [0.15, 0.2) is 48.5 Å². The van der Waals surface area contributed by atoms with Gasteiger partial charge in [-0.25, -0.2) is 0 Å². The van der Waals surface area contributed by atoms with Gasteiger partial charge in [0.05, 0.1) is 0 Å². The van der Waals surface area contributed by atoms with Gasteiger partial charge in [-0.15, -0.1) is 0 Å². The molecule has 3 nitrogen and oxygen atoms in total. The predicted octanol–water partition coefficient (Wildman–Crippen LogP) is 3.44. The molecule has 18 heavy (non-hydrogen) atoms. The van der Waals surface area contributed by atoms with Crippen LogP contribution in [0.1, 0.15) is 12.5 Å². The van der Waals surface area contributed by atoms with E-state index in [-0.39, 0.29) is 0 Å². The zero-order valence-electron chi connectivity index (χ0n) is 10.5. The Morgan fingerprint density at radius 1 is 0.889 bits per heavy atom. The molecule has 0 atom stereocenters. The highest BCUT2D eigenvalue weighted by molar-refractivity contribution is 5.54. The second-order valence-corrected chi connectivity index (χ2v) is 4.09. The zero-order chi connectivity index (χ0) is 12.8. The molecule has 0 saturated carbocycles. The van der Waals surface area contributed by atoms with Crippen LogP contribution in [-0.2, 0) is 6.54 Å². The average molecular weight is 242 g/mol. The molecular formula is C15H18N2O. The second kappa shape index (κ2) is 5.96. The summed E-state index contributed by atoms with van der Waals surface area (Å²) in [6, 6.07) is 15.5. The molecule has 94 valence electrons. The van der Waals surface area contributed by atoms with Gasteiger partial charge >= 0.3 is 0 Å². The minimum absolute atomic E-state index is 0.328. The van der Waals surface area contributed by atoms with Crippen LogP contribution in [0.3, 0.4) is 0 Å². The number of hydrogen-bond donors (Lipinski definition) is 3. The molecule has 0 aliphatic rings. The first-order valence-electron chi connectivity index (χ1n) is 6.14. The van der Waals surface area contributed by atoms with E-state index in [1.165, 1.54) is 0 Å². The highest BCUT2D eigenvalue weighted by atomic mass is 16.3. The maximum atomic E-state index is 9.65. The van der Waals surface area contributed by atoms with Crippen molar-refractivity contribution < 1.29 is 5.11 Å². The Labute approximate surface area is 107 Å². The van der Waals surface area contributed by atoms with Crippen LogP contribution in [0.4, 0.5) is 11.4 Å². The third kappa shape index (κ3) is 3.17. The largest absolute Gasteiger partial charge is 0.508 e. The van der Waals surface area contributed by atoms with Crippen molar-refractivity contribution in [1.82, 2.24) is 0 Å². The fraction of sp³-hybridized carbons (Fsp3) is 0.200. The van der Waals surface area contributed by atoms with Gasteiger partial charge in [0.2, 0.25) is 0 Å². The molecule has 0 aliphatic carbocycles. The van der Waals surface area contributed by atoms with E-state index >= 15 is 0 Å². The zero-order valence-corrected chi connectivity index (χ0v) is 10.5. The van der Waals surface area contributed by atoms with Gasteiger partial charge in [-0.05, 0) is 37.3 Å². The second-order valence-electron chi connectivity index (χ2n) is 4.09. The van der Waals surface area contributed by atoms with Crippen molar-refractivity contribution in [3.8, 4) is 5.75 Å².